The number of nitrogens with one attached hydrogen (secondary N) is 6. The molecule has 6 N–H and O–H groups in total. The molecule has 0 heterocycles. The molecule has 0 aromatic heterocycles. The zero-order valence-electron chi connectivity index (χ0n) is 23.1. The Morgan fingerprint density at radius 1 is 0.528 bits per heavy atom. The van der Waals surface area contributed by atoms with Crippen molar-refractivity contribution < 1.29 is 0 Å². The van der Waals surface area contributed by atoms with E-state index in [-0.39, 0.29) is 7.43 Å². The Kier molecular flexibility index (Phi) is 24.4. The van der Waals surface area contributed by atoms with Crippen molar-refractivity contribution >= 4 is 15.9 Å². The maximum Gasteiger partial charge on any atom is 0.0206 e. The van der Waals surface area contributed by atoms with Gasteiger partial charge in [0, 0.05) is 17.6 Å². The summed E-state index contributed by atoms with van der Waals surface area (Å²) in [7, 11) is 0. The molecule has 0 saturated carbocycles. The largest absolute Gasteiger partial charge is 0.317 e. The standard InChI is InChI=1S/C28H55BrN6.CH4/c1-24(2)20-32-13-5-9-30-11-7-15-34-22-26-17-27(19-28(29)18-26)23-35-16-8-12-31-10-6-14-33-21-25(3)4;/h17-19,24-25,30-35H,5-16,20-23H2,1-4H3;1H4. The van der Waals surface area contributed by atoms with Crippen molar-refractivity contribution in [1.82, 2.24) is 31.9 Å². The Morgan fingerprint density at radius 3 is 1.22 bits per heavy atom. The lowest BCUT2D eigenvalue weighted by atomic mass is 10.1. The van der Waals surface area contributed by atoms with Gasteiger partial charge < -0.3 is 31.9 Å². The third kappa shape index (κ3) is 22.6. The molecule has 0 aliphatic rings. The van der Waals surface area contributed by atoms with Crippen molar-refractivity contribution in [3.05, 3.63) is 33.8 Å². The van der Waals surface area contributed by atoms with Crippen LogP contribution in [-0.4, -0.2) is 65.4 Å². The highest BCUT2D eigenvalue weighted by Gasteiger charge is 2.01. The van der Waals surface area contributed by atoms with Crippen LogP contribution in [0.2, 0.25) is 0 Å². The lowest BCUT2D eigenvalue weighted by Crippen LogP contribution is -2.26. The van der Waals surface area contributed by atoms with E-state index in [2.05, 4.69) is 93.7 Å². The molecule has 7 heteroatoms. The van der Waals surface area contributed by atoms with Crippen LogP contribution in [0, 0.1) is 11.8 Å². The number of hydrogen-bond acceptors (Lipinski definition) is 6. The summed E-state index contributed by atoms with van der Waals surface area (Å²) in [4.78, 5) is 0. The van der Waals surface area contributed by atoms with E-state index in [1.54, 1.807) is 0 Å². The molecule has 1 rings (SSSR count). The third-order valence-electron chi connectivity index (χ3n) is 5.61. The van der Waals surface area contributed by atoms with Gasteiger partial charge in [-0.25, -0.2) is 0 Å². The summed E-state index contributed by atoms with van der Waals surface area (Å²) in [5.41, 5.74) is 2.68. The lowest BCUT2D eigenvalue weighted by Gasteiger charge is -2.11. The van der Waals surface area contributed by atoms with Crippen molar-refractivity contribution in [3.8, 4) is 0 Å². The minimum atomic E-state index is 0. The van der Waals surface area contributed by atoms with E-state index in [9.17, 15) is 0 Å². The van der Waals surface area contributed by atoms with Crippen LogP contribution in [0.25, 0.3) is 0 Å². The zero-order valence-corrected chi connectivity index (χ0v) is 24.7. The fraction of sp³-hybridized carbons (Fsp3) is 0.793. The van der Waals surface area contributed by atoms with Crippen LogP contribution in [0.3, 0.4) is 0 Å². The molecule has 6 nitrogen and oxygen atoms in total. The molecule has 0 aliphatic carbocycles. The molecule has 0 spiro atoms. The van der Waals surface area contributed by atoms with E-state index in [0.29, 0.717) is 0 Å². The second kappa shape index (κ2) is 24.8. The topological polar surface area (TPSA) is 72.2 Å². The predicted molar refractivity (Wildman–Crippen MR) is 164 cm³/mol. The Morgan fingerprint density at radius 2 is 0.861 bits per heavy atom. The van der Waals surface area contributed by atoms with Gasteiger partial charge in [-0.3, -0.25) is 0 Å². The normalized spacial score (nSPS) is 11.4. The van der Waals surface area contributed by atoms with E-state index >= 15 is 0 Å². The smallest absolute Gasteiger partial charge is 0.0206 e. The van der Waals surface area contributed by atoms with Gasteiger partial charge in [0.2, 0.25) is 0 Å². The second-order valence-corrected chi connectivity index (χ2v) is 11.3. The lowest BCUT2D eigenvalue weighted by molar-refractivity contribution is 0.524. The first-order valence-corrected chi connectivity index (χ1v) is 14.8. The number of rotatable bonds is 24. The fourth-order valence-corrected chi connectivity index (χ4v) is 4.36. The van der Waals surface area contributed by atoms with Crippen LogP contribution in [0.1, 0.15) is 71.9 Å². The van der Waals surface area contributed by atoms with Gasteiger partial charge in [0.25, 0.3) is 0 Å². The molecule has 36 heavy (non-hydrogen) atoms. The first kappa shape index (κ1) is 35.5. The van der Waals surface area contributed by atoms with Crippen molar-refractivity contribution in [2.75, 3.05) is 65.4 Å². The van der Waals surface area contributed by atoms with Crippen LogP contribution >= 0.6 is 15.9 Å². The van der Waals surface area contributed by atoms with Gasteiger partial charge in [0.1, 0.15) is 0 Å². The molecule has 0 saturated heterocycles. The maximum atomic E-state index is 3.68. The van der Waals surface area contributed by atoms with E-state index in [1.165, 1.54) is 24.0 Å². The second-order valence-electron chi connectivity index (χ2n) is 10.4. The first-order chi connectivity index (χ1) is 17.0. The summed E-state index contributed by atoms with van der Waals surface area (Å²) in [6.45, 7) is 21.7. The Hall–Kier alpha value is -0.540. The van der Waals surface area contributed by atoms with Gasteiger partial charge in [-0.15, -0.1) is 0 Å². The van der Waals surface area contributed by atoms with Crippen LogP contribution < -0.4 is 31.9 Å². The highest BCUT2D eigenvalue weighted by molar-refractivity contribution is 9.10. The minimum absolute atomic E-state index is 0. The fourth-order valence-electron chi connectivity index (χ4n) is 3.77. The van der Waals surface area contributed by atoms with Crippen molar-refractivity contribution in [2.45, 2.75) is 73.9 Å². The summed E-state index contributed by atoms with van der Waals surface area (Å²) in [6.07, 6.45) is 4.71. The van der Waals surface area contributed by atoms with E-state index in [4.69, 9.17) is 0 Å². The summed E-state index contributed by atoms with van der Waals surface area (Å²) < 4.78 is 1.16. The Labute approximate surface area is 232 Å². The number of halogens is 1. The van der Waals surface area contributed by atoms with Crippen LogP contribution in [0.15, 0.2) is 22.7 Å². The first-order valence-electron chi connectivity index (χ1n) is 14.0. The zero-order chi connectivity index (χ0) is 25.6. The van der Waals surface area contributed by atoms with Crippen LogP contribution in [0.5, 0.6) is 0 Å². The van der Waals surface area contributed by atoms with Gasteiger partial charge in [0.15, 0.2) is 0 Å². The van der Waals surface area contributed by atoms with Gasteiger partial charge in [-0.1, -0.05) is 57.1 Å². The average molecular weight is 572 g/mol. The quantitative estimate of drug-likeness (QED) is 0.103. The minimum Gasteiger partial charge on any atom is -0.317 e. The van der Waals surface area contributed by atoms with Crippen molar-refractivity contribution in [1.29, 1.82) is 0 Å². The molecule has 0 bridgehead atoms. The molecule has 0 amide bonds. The molecule has 212 valence electrons. The molecule has 0 aliphatic heterocycles. The molecular formula is C29H59BrN6. The monoisotopic (exact) mass is 570 g/mol. The molecule has 0 fully saturated rings. The van der Waals surface area contributed by atoms with E-state index < -0.39 is 0 Å². The van der Waals surface area contributed by atoms with Gasteiger partial charge in [0.05, 0.1) is 0 Å². The van der Waals surface area contributed by atoms with Crippen LogP contribution in [0.4, 0.5) is 0 Å². The molecular weight excluding hydrogens is 512 g/mol. The Balaban J connectivity index is 0.0000122. The van der Waals surface area contributed by atoms with Gasteiger partial charge in [-0.05, 0) is 126 Å². The maximum absolute atomic E-state index is 3.68. The molecule has 1 aromatic rings. The molecule has 0 radical (unpaired) electrons. The van der Waals surface area contributed by atoms with E-state index in [0.717, 1.165) is 108 Å². The molecule has 1 aromatic carbocycles. The van der Waals surface area contributed by atoms with Gasteiger partial charge >= 0.3 is 0 Å². The highest BCUT2D eigenvalue weighted by atomic mass is 79.9. The summed E-state index contributed by atoms with van der Waals surface area (Å²) in [6, 6.07) is 6.76. The SMILES string of the molecule is C.CC(C)CNCCCNCCCNCc1cc(Br)cc(CNCCCNCCCNCC(C)C)c1. The van der Waals surface area contributed by atoms with Gasteiger partial charge in [-0.2, -0.15) is 0 Å². The number of hydrogen-bond donors (Lipinski definition) is 6. The van der Waals surface area contributed by atoms with Crippen LogP contribution in [-0.2, 0) is 13.1 Å². The highest BCUT2D eigenvalue weighted by Crippen LogP contribution is 2.16. The third-order valence-corrected chi connectivity index (χ3v) is 6.07. The number of benzene rings is 1. The summed E-state index contributed by atoms with van der Waals surface area (Å²) in [5.74, 6) is 1.47. The Bertz CT molecular complexity index is 563. The van der Waals surface area contributed by atoms with E-state index in [1.807, 2.05) is 0 Å². The molecule has 0 unspecified atom stereocenters. The average Bonchev–Trinajstić information content (AvgIpc) is 2.80. The summed E-state index contributed by atoms with van der Waals surface area (Å²) >= 11 is 3.68. The predicted octanol–water partition coefficient (Wildman–Crippen LogP) is 4.50. The summed E-state index contributed by atoms with van der Waals surface area (Å²) in [5, 5.41) is 21.2. The molecule has 0 atom stereocenters. The van der Waals surface area contributed by atoms with Crippen molar-refractivity contribution in [3.63, 3.8) is 0 Å². The van der Waals surface area contributed by atoms with Crippen molar-refractivity contribution in [2.24, 2.45) is 11.8 Å².